The number of benzene rings is 2. The van der Waals surface area contributed by atoms with Crippen molar-refractivity contribution in [1.82, 2.24) is 24.7 Å². The van der Waals surface area contributed by atoms with Crippen molar-refractivity contribution in [3.63, 3.8) is 0 Å². The van der Waals surface area contributed by atoms with Crippen LogP contribution in [0.25, 0.3) is 22.5 Å². The maximum absolute atomic E-state index is 10.9. The number of carbonyl (C=O) groups excluding carboxylic acids is 1. The molecule has 0 saturated carbocycles. The lowest BCUT2D eigenvalue weighted by atomic mass is 10.1. The van der Waals surface area contributed by atoms with Gasteiger partial charge in [0.05, 0.1) is 5.69 Å². The van der Waals surface area contributed by atoms with Crippen molar-refractivity contribution in [3.8, 4) is 22.5 Å². The molecule has 7 nitrogen and oxygen atoms in total. The van der Waals surface area contributed by atoms with E-state index in [0.29, 0.717) is 11.5 Å². The maximum atomic E-state index is 10.9. The fourth-order valence-electron chi connectivity index (χ4n) is 3.67. The van der Waals surface area contributed by atoms with Gasteiger partial charge in [-0.2, -0.15) is 5.10 Å². The van der Waals surface area contributed by atoms with Gasteiger partial charge in [-0.1, -0.05) is 30.3 Å². The molecule has 0 bridgehead atoms. The van der Waals surface area contributed by atoms with Crippen LogP contribution in [-0.2, 0) is 13.0 Å². The van der Waals surface area contributed by atoms with Crippen LogP contribution in [0.1, 0.15) is 15.9 Å². The van der Waals surface area contributed by atoms with E-state index >= 15 is 0 Å². The van der Waals surface area contributed by atoms with Crippen LogP contribution < -0.4 is 5.32 Å². The Balaban J connectivity index is 1.46. The highest BCUT2D eigenvalue weighted by atomic mass is 16.1. The minimum absolute atomic E-state index is 0.463. The summed E-state index contributed by atoms with van der Waals surface area (Å²) in [7, 11) is 0. The first-order valence-corrected chi connectivity index (χ1v) is 11.0. The van der Waals surface area contributed by atoms with E-state index in [9.17, 15) is 4.79 Å². The minimum atomic E-state index is 0.463. The van der Waals surface area contributed by atoms with E-state index in [0.717, 1.165) is 47.5 Å². The molecule has 1 N–H and O–H groups in total. The largest absolute Gasteiger partial charge is 0.324 e. The summed E-state index contributed by atoms with van der Waals surface area (Å²) in [5.41, 5.74) is 6.08. The second-order valence-corrected chi connectivity index (χ2v) is 7.76. The molecule has 0 atom stereocenters. The van der Waals surface area contributed by atoms with Crippen molar-refractivity contribution in [2.45, 2.75) is 13.0 Å². The summed E-state index contributed by atoms with van der Waals surface area (Å²) in [6.07, 6.45) is 8.99. The molecule has 0 aliphatic carbocycles. The number of nitrogens with zero attached hydrogens (tertiary/aromatic N) is 5. The molecular formula is C27H22N6O. The van der Waals surface area contributed by atoms with Gasteiger partial charge in [-0.3, -0.25) is 14.5 Å². The highest BCUT2D eigenvalue weighted by Gasteiger charge is 2.15. The van der Waals surface area contributed by atoms with Crippen LogP contribution in [0.15, 0.2) is 97.6 Å². The third kappa shape index (κ3) is 4.88. The molecule has 0 aliphatic heterocycles. The quantitative estimate of drug-likeness (QED) is 0.330. The first kappa shape index (κ1) is 21.2. The summed E-state index contributed by atoms with van der Waals surface area (Å²) in [6.45, 7) is 0.747. The van der Waals surface area contributed by atoms with Crippen molar-refractivity contribution in [2.24, 2.45) is 0 Å². The number of aromatic nitrogens is 5. The van der Waals surface area contributed by atoms with E-state index in [4.69, 9.17) is 10.1 Å². The second kappa shape index (κ2) is 9.87. The number of anilines is 2. The van der Waals surface area contributed by atoms with Gasteiger partial charge in [0, 0.05) is 53.7 Å². The highest BCUT2D eigenvalue weighted by Crippen LogP contribution is 2.30. The van der Waals surface area contributed by atoms with Gasteiger partial charge in [0.2, 0.25) is 5.95 Å². The van der Waals surface area contributed by atoms with E-state index in [1.807, 2.05) is 65.6 Å². The van der Waals surface area contributed by atoms with Gasteiger partial charge in [-0.05, 0) is 54.4 Å². The Bertz CT molecular complexity index is 1380. The molecule has 0 amide bonds. The first-order valence-electron chi connectivity index (χ1n) is 11.0. The molecule has 0 fully saturated rings. The Kier molecular flexibility index (Phi) is 6.16. The Hall–Kier alpha value is -4.65. The van der Waals surface area contributed by atoms with Gasteiger partial charge in [-0.25, -0.2) is 9.97 Å². The number of hydrogen-bond acceptors (Lipinski definition) is 6. The fraction of sp³-hybridized carbons (Fsp3) is 0.0741. The van der Waals surface area contributed by atoms with Crippen LogP contribution in [0.4, 0.5) is 11.6 Å². The van der Waals surface area contributed by atoms with E-state index in [1.165, 1.54) is 5.56 Å². The SMILES string of the molecule is O=Cc1ccc(Nc2nccc(-c3cn(CCc4ccccc4)nc3-c3cccnc3)n2)cc1. The summed E-state index contributed by atoms with van der Waals surface area (Å²) < 4.78 is 1.96. The van der Waals surface area contributed by atoms with Crippen molar-refractivity contribution >= 4 is 17.9 Å². The lowest BCUT2D eigenvalue weighted by Gasteiger charge is -2.07. The van der Waals surface area contributed by atoms with Gasteiger partial charge in [0.25, 0.3) is 0 Å². The average Bonchev–Trinajstić information content (AvgIpc) is 3.34. The van der Waals surface area contributed by atoms with E-state index in [1.54, 1.807) is 24.5 Å². The second-order valence-electron chi connectivity index (χ2n) is 7.76. The Morgan fingerprint density at radius 3 is 2.53 bits per heavy atom. The van der Waals surface area contributed by atoms with Crippen molar-refractivity contribution < 1.29 is 4.79 Å². The van der Waals surface area contributed by atoms with E-state index in [-0.39, 0.29) is 0 Å². The molecule has 0 unspecified atom stereocenters. The minimum Gasteiger partial charge on any atom is -0.324 e. The Labute approximate surface area is 197 Å². The van der Waals surface area contributed by atoms with Gasteiger partial charge >= 0.3 is 0 Å². The molecular weight excluding hydrogens is 424 g/mol. The molecule has 2 aromatic carbocycles. The van der Waals surface area contributed by atoms with Gasteiger partial charge in [-0.15, -0.1) is 0 Å². The molecule has 0 aliphatic rings. The summed E-state index contributed by atoms with van der Waals surface area (Å²) in [5.74, 6) is 0.463. The topological polar surface area (TPSA) is 85.6 Å². The average molecular weight is 447 g/mol. The predicted octanol–water partition coefficient (Wildman–Crippen LogP) is 5.20. The van der Waals surface area contributed by atoms with Crippen LogP contribution in [0.3, 0.4) is 0 Å². The lowest BCUT2D eigenvalue weighted by molar-refractivity contribution is 0.112. The lowest BCUT2D eigenvalue weighted by Crippen LogP contribution is -2.02. The zero-order chi connectivity index (χ0) is 23.2. The maximum Gasteiger partial charge on any atom is 0.227 e. The molecule has 0 saturated heterocycles. The molecule has 5 rings (SSSR count). The zero-order valence-corrected chi connectivity index (χ0v) is 18.4. The summed E-state index contributed by atoms with van der Waals surface area (Å²) in [6, 6.07) is 23.3. The molecule has 0 spiro atoms. The predicted molar refractivity (Wildman–Crippen MR) is 132 cm³/mol. The van der Waals surface area contributed by atoms with Crippen LogP contribution in [0.2, 0.25) is 0 Å². The van der Waals surface area contributed by atoms with Gasteiger partial charge in [0.15, 0.2) is 0 Å². The summed E-state index contributed by atoms with van der Waals surface area (Å²) >= 11 is 0. The molecule has 3 heterocycles. The highest BCUT2D eigenvalue weighted by molar-refractivity contribution is 5.79. The van der Waals surface area contributed by atoms with Gasteiger partial charge in [0.1, 0.15) is 12.0 Å². The number of pyridine rings is 1. The van der Waals surface area contributed by atoms with Crippen LogP contribution in [0, 0.1) is 0 Å². The normalized spacial score (nSPS) is 10.7. The molecule has 34 heavy (non-hydrogen) atoms. The first-order chi connectivity index (χ1) is 16.8. The number of rotatable bonds is 8. The van der Waals surface area contributed by atoms with Crippen LogP contribution in [-0.4, -0.2) is 31.0 Å². The smallest absolute Gasteiger partial charge is 0.227 e. The third-order valence-electron chi connectivity index (χ3n) is 5.40. The molecule has 7 heteroatoms. The summed E-state index contributed by atoms with van der Waals surface area (Å²) in [4.78, 5) is 24.3. The molecule has 3 aromatic heterocycles. The van der Waals surface area contributed by atoms with Crippen molar-refractivity contribution in [1.29, 1.82) is 0 Å². The molecule has 0 radical (unpaired) electrons. The van der Waals surface area contributed by atoms with Crippen LogP contribution >= 0.6 is 0 Å². The van der Waals surface area contributed by atoms with Gasteiger partial charge < -0.3 is 5.32 Å². The standard InChI is InChI=1S/C27H22N6O/c34-19-21-8-10-23(11-9-21)30-27-29-15-12-25(31-27)24-18-33(16-13-20-5-2-1-3-6-20)32-26(24)22-7-4-14-28-17-22/h1-12,14-15,17-19H,13,16H2,(H,29,30,31). The molecule has 166 valence electrons. The number of aryl methyl sites for hydroxylation is 2. The fourth-order valence-corrected chi connectivity index (χ4v) is 3.67. The number of aldehydes is 1. The van der Waals surface area contributed by atoms with Crippen LogP contribution in [0.5, 0.6) is 0 Å². The van der Waals surface area contributed by atoms with E-state index in [2.05, 4.69) is 27.4 Å². The Morgan fingerprint density at radius 1 is 0.912 bits per heavy atom. The van der Waals surface area contributed by atoms with Crippen molar-refractivity contribution in [2.75, 3.05) is 5.32 Å². The number of hydrogen-bond donors (Lipinski definition) is 1. The molecule has 5 aromatic rings. The summed E-state index contributed by atoms with van der Waals surface area (Å²) in [5, 5.41) is 8.07. The number of carbonyl (C=O) groups is 1. The monoisotopic (exact) mass is 446 g/mol. The zero-order valence-electron chi connectivity index (χ0n) is 18.4. The van der Waals surface area contributed by atoms with E-state index < -0.39 is 0 Å². The third-order valence-corrected chi connectivity index (χ3v) is 5.40. The Morgan fingerprint density at radius 2 is 1.76 bits per heavy atom. The van der Waals surface area contributed by atoms with Crippen molar-refractivity contribution in [3.05, 3.63) is 109 Å². The number of nitrogens with one attached hydrogen (secondary N) is 1.